The molecule has 2 aromatic carbocycles. The lowest BCUT2D eigenvalue weighted by molar-refractivity contribution is 0.574. The minimum atomic E-state index is 0. The fourth-order valence-electron chi connectivity index (χ4n) is 2.66. The smallest absolute Gasteiger partial charge is 0.225 e. The minimum absolute atomic E-state index is 0. The molecule has 0 aliphatic carbocycles. The van der Waals surface area contributed by atoms with Crippen LogP contribution in [0.4, 0.5) is 0 Å². The van der Waals surface area contributed by atoms with Crippen LogP contribution in [0.15, 0.2) is 59.3 Å². The molecule has 130 valence electrons. The van der Waals surface area contributed by atoms with Gasteiger partial charge in [0, 0.05) is 12.0 Å². The maximum atomic E-state index is 5.58. The molecule has 0 unspecified atom stereocenters. The number of benzene rings is 2. The Morgan fingerprint density at radius 3 is 2.36 bits per heavy atom. The Balaban J connectivity index is 0.00000113. The molecule has 0 fully saturated rings. The van der Waals surface area contributed by atoms with Crippen LogP contribution in [0.25, 0.3) is 33.6 Å². The largest absolute Gasteiger partial charge is 0.445 e. The first kappa shape index (κ1) is 19.0. The van der Waals surface area contributed by atoms with Gasteiger partial charge in [0.25, 0.3) is 0 Å². The molecule has 0 radical (unpaired) electrons. The summed E-state index contributed by atoms with van der Waals surface area (Å²) in [7, 11) is 0. The quantitative estimate of drug-likeness (QED) is 0.558. The summed E-state index contributed by atoms with van der Waals surface area (Å²) in [5, 5.41) is 0. The Bertz CT molecular complexity index is 934. The third-order valence-electron chi connectivity index (χ3n) is 3.81. The van der Waals surface area contributed by atoms with Crippen molar-refractivity contribution in [3.8, 4) is 22.6 Å². The number of nitrogens with one attached hydrogen (secondary N) is 1. The number of hydrogen-bond donors (Lipinski definition) is 2. The van der Waals surface area contributed by atoms with Crippen LogP contribution < -0.4 is 5.73 Å². The number of fused-ring (bicyclic) bond motifs is 1. The van der Waals surface area contributed by atoms with Gasteiger partial charge in [0.15, 0.2) is 0 Å². The topological polar surface area (TPSA) is 80.7 Å². The van der Waals surface area contributed by atoms with Gasteiger partial charge in [-0.05, 0) is 41.9 Å². The van der Waals surface area contributed by atoms with Crippen molar-refractivity contribution in [2.75, 3.05) is 6.54 Å². The Morgan fingerprint density at radius 1 is 0.960 bits per heavy atom. The summed E-state index contributed by atoms with van der Waals surface area (Å²) in [5.74, 6) is 1.56. The second kappa shape index (κ2) is 8.16. The van der Waals surface area contributed by atoms with E-state index in [-0.39, 0.29) is 24.8 Å². The van der Waals surface area contributed by atoms with E-state index in [1.54, 1.807) is 12.5 Å². The summed E-state index contributed by atoms with van der Waals surface area (Å²) in [5.41, 5.74) is 10.8. The van der Waals surface area contributed by atoms with Gasteiger partial charge in [0.05, 0.1) is 17.2 Å². The monoisotopic (exact) mass is 376 g/mol. The highest BCUT2D eigenvalue weighted by atomic mass is 35.5. The average Bonchev–Trinajstić information content (AvgIpc) is 3.24. The van der Waals surface area contributed by atoms with Crippen LogP contribution >= 0.6 is 24.8 Å². The molecular formula is C18H18Cl2N4O. The van der Waals surface area contributed by atoms with Gasteiger partial charge in [-0.3, -0.25) is 0 Å². The van der Waals surface area contributed by atoms with Crippen molar-refractivity contribution in [2.24, 2.45) is 5.73 Å². The van der Waals surface area contributed by atoms with Gasteiger partial charge in [-0.1, -0.05) is 18.2 Å². The summed E-state index contributed by atoms with van der Waals surface area (Å²) in [4.78, 5) is 12.0. The Labute approximate surface area is 157 Å². The van der Waals surface area contributed by atoms with Gasteiger partial charge in [0.1, 0.15) is 12.1 Å². The van der Waals surface area contributed by atoms with E-state index < -0.39 is 0 Å². The van der Waals surface area contributed by atoms with Crippen molar-refractivity contribution in [1.82, 2.24) is 15.0 Å². The molecule has 25 heavy (non-hydrogen) atoms. The van der Waals surface area contributed by atoms with Gasteiger partial charge >= 0.3 is 0 Å². The van der Waals surface area contributed by atoms with Gasteiger partial charge < -0.3 is 15.1 Å². The van der Waals surface area contributed by atoms with Crippen molar-refractivity contribution in [1.29, 1.82) is 0 Å². The van der Waals surface area contributed by atoms with E-state index in [1.807, 2.05) is 12.1 Å². The van der Waals surface area contributed by atoms with Crippen LogP contribution in [0.3, 0.4) is 0 Å². The van der Waals surface area contributed by atoms with E-state index in [0.717, 1.165) is 40.0 Å². The molecule has 0 aliphatic rings. The maximum Gasteiger partial charge on any atom is 0.225 e. The predicted molar refractivity (Wildman–Crippen MR) is 104 cm³/mol. The summed E-state index contributed by atoms with van der Waals surface area (Å²) < 4.78 is 5.31. The number of hydrogen-bond acceptors (Lipinski definition) is 4. The zero-order valence-corrected chi connectivity index (χ0v) is 14.9. The van der Waals surface area contributed by atoms with Crippen molar-refractivity contribution in [3.63, 3.8) is 0 Å². The lowest BCUT2D eigenvalue weighted by Gasteiger charge is -2.03. The van der Waals surface area contributed by atoms with E-state index in [1.165, 1.54) is 0 Å². The molecule has 0 amide bonds. The fourth-order valence-corrected chi connectivity index (χ4v) is 2.66. The number of rotatable bonds is 4. The lowest BCUT2D eigenvalue weighted by atomic mass is 10.0. The fraction of sp³-hybridized carbons (Fsp3) is 0.111. The Kier molecular flexibility index (Phi) is 6.20. The van der Waals surface area contributed by atoms with Crippen LogP contribution in [0.5, 0.6) is 0 Å². The molecule has 3 N–H and O–H groups in total. The van der Waals surface area contributed by atoms with Crippen LogP contribution in [-0.2, 0) is 6.42 Å². The van der Waals surface area contributed by atoms with E-state index in [2.05, 4.69) is 45.3 Å². The number of nitrogens with zero attached hydrogens (tertiary/aromatic N) is 2. The van der Waals surface area contributed by atoms with Crippen LogP contribution in [0.1, 0.15) is 5.82 Å². The average molecular weight is 377 g/mol. The number of aromatic amines is 1. The molecule has 5 nitrogen and oxygen atoms in total. The molecule has 0 saturated heterocycles. The number of H-pyrrole nitrogens is 1. The Morgan fingerprint density at radius 2 is 1.68 bits per heavy atom. The molecule has 2 aromatic heterocycles. The first-order chi connectivity index (χ1) is 11.3. The van der Waals surface area contributed by atoms with Crippen LogP contribution in [0.2, 0.25) is 0 Å². The van der Waals surface area contributed by atoms with Crippen molar-refractivity contribution >= 4 is 35.8 Å². The molecule has 4 rings (SSSR count). The molecule has 0 spiro atoms. The molecule has 2 heterocycles. The maximum absolute atomic E-state index is 5.58. The standard InChI is InChI=1S/C18H16N4O.2ClH/c19-8-7-17-21-15-6-5-14(11-16(15)22-17)12-1-3-13(4-2-12)18-20-9-10-23-18;;/h1-6,9-11H,7-8,19H2,(H,21,22);2*1H. The number of nitrogens with two attached hydrogens (primary N) is 1. The molecule has 0 atom stereocenters. The number of imidazole rings is 1. The Hall–Kier alpha value is -2.34. The zero-order valence-electron chi connectivity index (χ0n) is 13.3. The molecule has 0 bridgehead atoms. The molecule has 0 aliphatic heterocycles. The van der Waals surface area contributed by atoms with Gasteiger partial charge in [0.2, 0.25) is 5.89 Å². The van der Waals surface area contributed by atoms with E-state index in [0.29, 0.717) is 12.4 Å². The van der Waals surface area contributed by atoms with E-state index in [9.17, 15) is 0 Å². The lowest BCUT2D eigenvalue weighted by Crippen LogP contribution is -2.03. The molecular weight excluding hydrogens is 359 g/mol. The summed E-state index contributed by atoms with van der Waals surface area (Å²) in [6.07, 6.45) is 3.98. The summed E-state index contributed by atoms with van der Waals surface area (Å²) in [6, 6.07) is 14.4. The van der Waals surface area contributed by atoms with Gasteiger partial charge in [-0.25, -0.2) is 9.97 Å². The van der Waals surface area contributed by atoms with Crippen LogP contribution in [-0.4, -0.2) is 21.5 Å². The number of oxazole rings is 1. The molecule has 0 saturated carbocycles. The predicted octanol–water partition coefficient (Wildman–Crippen LogP) is 4.23. The molecule has 7 heteroatoms. The summed E-state index contributed by atoms with van der Waals surface area (Å²) in [6.45, 7) is 0.592. The second-order valence-corrected chi connectivity index (χ2v) is 5.37. The number of halogens is 2. The van der Waals surface area contributed by atoms with Crippen molar-refractivity contribution in [2.45, 2.75) is 6.42 Å². The normalized spacial score (nSPS) is 10.3. The van der Waals surface area contributed by atoms with Gasteiger partial charge in [-0.15, -0.1) is 24.8 Å². The second-order valence-electron chi connectivity index (χ2n) is 5.37. The highest BCUT2D eigenvalue weighted by Gasteiger charge is 2.06. The minimum Gasteiger partial charge on any atom is -0.445 e. The van der Waals surface area contributed by atoms with Crippen LogP contribution in [0, 0.1) is 0 Å². The first-order valence-electron chi connectivity index (χ1n) is 7.52. The third-order valence-corrected chi connectivity index (χ3v) is 3.81. The van der Waals surface area contributed by atoms with Crippen molar-refractivity contribution in [3.05, 3.63) is 60.7 Å². The summed E-state index contributed by atoms with van der Waals surface area (Å²) >= 11 is 0. The third kappa shape index (κ3) is 3.85. The van der Waals surface area contributed by atoms with E-state index in [4.69, 9.17) is 10.2 Å². The highest BCUT2D eigenvalue weighted by Crippen LogP contribution is 2.26. The SMILES string of the molecule is Cl.Cl.NCCc1nc2cc(-c3ccc(-c4ncco4)cc3)ccc2[nH]1. The molecule has 4 aromatic rings. The zero-order chi connectivity index (χ0) is 15.6. The highest BCUT2D eigenvalue weighted by molar-refractivity contribution is 5.85. The number of aromatic nitrogens is 3. The van der Waals surface area contributed by atoms with Gasteiger partial charge in [-0.2, -0.15) is 0 Å². The van der Waals surface area contributed by atoms with Crippen molar-refractivity contribution < 1.29 is 4.42 Å². The van der Waals surface area contributed by atoms with E-state index >= 15 is 0 Å². The first-order valence-corrected chi connectivity index (χ1v) is 7.52.